The van der Waals surface area contributed by atoms with E-state index in [0.717, 1.165) is 6.42 Å². The van der Waals surface area contributed by atoms with Crippen molar-refractivity contribution in [3.8, 4) is 0 Å². The number of carbonyl (C=O) groups excluding carboxylic acids is 1. The number of nitrogens with zero attached hydrogens (tertiary/aromatic N) is 1. The fourth-order valence-corrected chi connectivity index (χ4v) is 1.42. The lowest BCUT2D eigenvalue weighted by atomic mass is 10.1. The van der Waals surface area contributed by atoms with E-state index >= 15 is 0 Å². The van der Waals surface area contributed by atoms with Crippen LogP contribution in [0.2, 0.25) is 0 Å². The van der Waals surface area contributed by atoms with Crippen molar-refractivity contribution >= 4 is 5.91 Å². The summed E-state index contributed by atoms with van der Waals surface area (Å²) in [7, 11) is 1.71. The van der Waals surface area contributed by atoms with Gasteiger partial charge in [0.1, 0.15) is 6.61 Å². The molecule has 3 heteroatoms. The number of benzene rings is 1. The number of aryl methyl sites for hydroxylation is 1. The predicted octanol–water partition coefficient (Wildman–Crippen LogP) is 0.988. The summed E-state index contributed by atoms with van der Waals surface area (Å²) in [4.78, 5) is 12.6. The highest BCUT2D eigenvalue weighted by atomic mass is 16.3. The topological polar surface area (TPSA) is 40.5 Å². The maximum atomic E-state index is 11.1. The first kappa shape index (κ1) is 11.7. The molecule has 1 aromatic carbocycles. The Bertz CT molecular complexity index is 336. The standard InChI is InChI=1S/C12H17NO2/c1-10-5-3-4-6-11(10)7-8-13(2)12(15)9-14/h3-6,14H,7-9H2,1-2H3. The van der Waals surface area contributed by atoms with Crippen LogP contribution < -0.4 is 0 Å². The molecule has 0 aliphatic rings. The molecule has 15 heavy (non-hydrogen) atoms. The van der Waals surface area contributed by atoms with E-state index in [9.17, 15) is 4.79 Å². The van der Waals surface area contributed by atoms with Gasteiger partial charge in [-0.1, -0.05) is 24.3 Å². The summed E-state index contributed by atoms with van der Waals surface area (Å²) in [6, 6.07) is 8.12. The zero-order valence-corrected chi connectivity index (χ0v) is 9.23. The van der Waals surface area contributed by atoms with E-state index in [4.69, 9.17) is 5.11 Å². The van der Waals surface area contributed by atoms with Crippen molar-refractivity contribution in [2.24, 2.45) is 0 Å². The van der Waals surface area contributed by atoms with Gasteiger partial charge in [-0.3, -0.25) is 4.79 Å². The van der Waals surface area contributed by atoms with Crippen molar-refractivity contribution in [1.29, 1.82) is 0 Å². The Labute approximate surface area is 90.3 Å². The Kier molecular flexibility index (Phi) is 4.31. The second kappa shape index (κ2) is 5.51. The van der Waals surface area contributed by atoms with Crippen LogP contribution in [0.4, 0.5) is 0 Å². The monoisotopic (exact) mass is 207 g/mol. The number of hydrogen-bond donors (Lipinski definition) is 1. The minimum Gasteiger partial charge on any atom is -0.387 e. The number of carbonyl (C=O) groups is 1. The minimum absolute atomic E-state index is 0.233. The number of likely N-dealkylation sites (N-methyl/N-ethyl adjacent to an activating group) is 1. The third kappa shape index (κ3) is 3.36. The fraction of sp³-hybridized carbons (Fsp3) is 0.417. The number of hydrogen-bond acceptors (Lipinski definition) is 2. The molecule has 0 aromatic heterocycles. The number of amides is 1. The zero-order valence-electron chi connectivity index (χ0n) is 9.23. The molecule has 1 rings (SSSR count). The van der Waals surface area contributed by atoms with Crippen LogP contribution in [0.1, 0.15) is 11.1 Å². The van der Waals surface area contributed by atoms with Crippen molar-refractivity contribution in [1.82, 2.24) is 4.90 Å². The van der Waals surface area contributed by atoms with Crippen molar-refractivity contribution in [2.45, 2.75) is 13.3 Å². The second-order valence-corrected chi connectivity index (χ2v) is 3.65. The van der Waals surface area contributed by atoms with Crippen LogP contribution in [-0.2, 0) is 11.2 Å². The molecule has 82 valence electrons. The Morgan fingerprint density at radius 2 is 2.07 bits per heavy atom. The molecular weight excluding hydrogens is 190 g/mol. The van der Waals surface area contributed by atoms with Crippen LogP contribution in [-0.4, -0.2) is 36.1 Å². The molecule has 0 aliphatic heterocycles. The first-order valence-corrected chi connectivity index (χ1v) is 5.04. The van der Waals surface area contributed by atoms with Crippen LogP contribution >= 0.6 is 0 Å². The lowest BCUT2D eigenvalue weighted by molar-refractivity contribution is -0.132. The van der Waals surface area contributed by atoms with Gasteiger partial charge in [0.05, 0.1) is 0 Å². The van der Waals surface area contributed by atoms with E-state index < -0.39 is 6.61 Å². The third-order valence-corrected chi connectivity index (χ3v) is 2.54. The molecule has 0 bridgehead atoms. The van der Waals surface area contributed by atoms with Gasteiger partial charge >= 0.3 is 0 Å². The number of rotatable bonds is 4. The fourth-order valence-electron chi connectivity index (χ4n) is 1.42. The van der Waals surface area contributed by atoms with Gasteiger partial charge in [0, 0.05) is 13.6 Å². The lowest BCUT2D eigenvalue weighted by Gasteiger charge is -2.16. The molecule has 1 amide bonds. The SMILES string of the molecule is Cc1ccccc1CCN(C)C(=O)CO. The van der Waals surface area contributed by atoms with Crippen LogP contribution in [0.25, 0.3) is 0 Å². The smallest absolute Gasteiger partial charge is 0.248 e. The molecule has 0 spiro atoms. The van der Waals surface area contributed by atoms with Crippen molar-refractivity contribution in [2.75, 3.05) is 20.2 Å². The normalized spacial score (nSPS) is 10.1. The van der Waals surface area contributed by atoms with Gasteiger partial charge in [0.2, 0.25) is 5.91 Å². The highest BCUT2D eigenvalue weighted by molar-refractivity contribution is 5.76. The first-order chi connectivity index (χ1) is 7.15. The van der Waals surface area contributed by atoms with Gasteiger partial charge in [-0.25, -0.2) is 0 Å². The molecule has 3 nitrogen and oxygen atoms in total. The highest BCUT2D eigenvalue weighted by Gasteiger charge is 2.06. The molecule has 0 aliphatic carbocycles. The average Bonchev–Trinajstić information content (AvgIpc) is 2.26. The zero-order chi connectivity index (χ0) is 11.3. The predicted molar refractivity (Wildman–Crippen MR) is 59.6 cm³/mol. The molecule has 0 radical (unpaired) electrons. The Morgan fingerprint density at radius 1 is 1.40 bits per heavy atom. The molecular formula is C12H17NO2. The van der Waals surface area contributed by atoms with Gasteiger partial charge < -0.3 is 10.0 Å². The number of aliphatic hydroxyl groups excluding tert-OH is 1. The van der Waals surface area contributed by atoms with Crippen molar-refractivity contribution in [3.63, 3.8) is 0 Å². The molecule has 0 heterocycles. The third-order valence-electron chi connectivity index (χ3n) is 2.54. The molecule has 0 atom stereocenters. The van der Waals surface area contributed by atoms with E-state index in [1.807, 2.05) is 12.1 Å². The molecule has 0 saturated heterocycles. The van der Waals surface area contributed by atoms with Gasteiger partial charge in [-0.2, -0.15) is 0 Å². The van der Waals surface area contributed by atoms with Gasteiger partial charge in [0.15, 0.2) is 0 Å². The summed E-state index contributed by atoms with van der Waals surface area (Å²) < 4.78 is 0. The van der Waals surface area contributed by atoms with Crippen molar-refractivity contribution in [3.05, 3.63) is 35.4 Å². The summed E-state index contributed by atoms with van der Waals surface area (Å²) >= 11 is 0. The lowest BCUT2D eigenvalue weighted by Crippen LogP contribution is -2.31. The van der Waals surface area contributed by atoms with Crippen LogP contribution in [0.5, 0.6) is 0 Å². The quantitative estimate of drug-likeness (QED) is 0.799. The maximum absolute atomic E-state index is 11.1. The summed E-state index contributed by atoms with van der Waals surface area (Å²) in [5.41, 5.74) is 2.48. The van der Waals surface area contributed by atoms with Crippen LogP contribution in [0.3, 0.4) is 0 Å². The summed E-state index contributed by atoms with van der Waals surface area (Å²) in [6.07, 6.45) is 0.828. The molecule has 1 aromatic rings. The first-order valence-electron chi connectivity index (χ1n) is 5.04. The molecule has 0 saturated carbocycles. The van der Waals surface area contributed by atoms with E-state index in [0.29, 0.717) is 6.54 Å². The second-order valence-electron chi connectivity index (χ2n) is 3.65. The van der Waals surface area contributed by atoms with Gasteiger partial charge in [-0.15, -0.1) is 0 Å². The minimum atomic E-state index is -0.412. The molecule has 1 N–H and O–H groups in total. The van der Waals surface area contributed by atoms with Crippen LogP contribution in [0.15, 0.2) is 24.3 Å². The Morgan fingerprint density at radius 3 is 2.67 bits per heavy atom. The highest BCUT2D eigenvalue weighted by Crippen LogP contribution is 2.07. The van der Waals surface area contributed by atoms with Gasteiger partial charge in [-0.05, 0) is 24.5 Å². The Balaban J connectivity index is 2.50. The molecule has 0 fully saturated rings. The van der Waals surface area contributed by atoms with Crippen molar-refractivity contribution < 1.29 is 9.90 Å². The van der Waals surface area contributed by atoms with E-state index in [2.05, 4.69) is 19.1 Å². The summed E-state index contributed by atoms with van der Waals surface area (Å²) in [5, 5.41) is 8.67. The van der Waals surface area contributed by atoms with E-state index in [1.165, 1.54) is 11.1 Å². The average molecular weight is 207 g/mol. The summed E-state index contributed by atoms with van der Waals surface area (Å²) in [6.45, 7) is 2.29. The van der Waals surface area contributed by atoms with E-state index in [1.54, 1.807) is 11.9 Å². The number of aliphatic hydroxyl groups is 1. The Hall–Kier alpha value is -1.35. The maximum Gasteiger partial charge on any atom is 0.248 e. The summed E-state index contributed by atoms with van der Waals surface area (Å²) in [5.74, 6) is -0.233. The largest absolute Gasteiger partial charge is 0.387 e. The van der Waals surface area contributed by atoms with Crippen LogP contribution in [0, 0.1) is 6.92 Å². The van der Waals surface area contributed by atoms with E-state index in [-0.39, 0.29) is 5.91 Å². The molecule has 0 unspecified atom stereocenters. The van der Waals surface area contributed by atoms with Gasteiger partial charge in [0.25, 0.3) is 0 Å².